The number of aryl methyl sites for hydroxylation is 2. The molecule has 4 nitrogen and oxygen atoms in total. The zero-order chi connectivity index (χ0) is 13.3. The molecule has 0 bridgehead atoms. The molecule has 1 aliphatic rings. The van der Waals surface area contributed by atoms with E-state index >= 15 is 0 Å². The number of thiazole rings is 1. The molecule has 0 spiro atoms. The molecule has 5 heteroatoms. The quantitative estimate of drug-likeness (QED) is 0.909. The van der Waals surface area contributed by atoms with Crippen LogP contribution < -0.4 is 5.32 Å². The fourth-order valence-corrected chi connectivity index (χ4v) is 3.48. The second kappa shape index (κ2) is 5.36. The molecular weight excluding hydrogens is 246 g/mol. The van der Waals surface area contributed by atoms with Crippen molar-refractivity contribution in [2.45, 2.75) is 33.2 Å². The maximum Gasteiger partial charge on any atom is 0.227 e. The van der Waals surface area contributed by atoms with Gasteiger partial charge in [0.15, 0.2) is 0 Å². The van der Waals surface area contributed by atoms with Gasteiger partial charge in [-0.3, -0.25) is 4.79 Å². The van der Waals surface area contributed by atoms with Crippen LogP contribution in [0.5, 0.6) is 0 Å². The minimum Gasteiger partial charge on any atom is -0.338 e. The lowest BCUT2D eigenvalue weighted by Crippen LogP contribution is -2.35. The molecule has 2 heterocycles. The Bertz CT molecular complexity index is 437. The highest BCUT2D eigenvalue weighted by Gasteiger charge is 2.29. The molecule has 1 N–H and O–H groups in total. The Balaban J connectivity index is 2.10. The SMILES string of the molecule is Cc1nc(C)c([C@@H](C)N(C)C(=O)[C@@H]2CCNC2)s1. The van der Waals surface area contributed by atoms with Gasteiger partial charge >= 0.3 is 0 Å². The van der Waals surface area contributed by atoms with Crippen LogP contribution in [0, 0.1) is 19.8 Å². The minimum absolute atomic E-state index is 0.115. The third-order valence-corrected chi connectivity index (χ3v) is 4.90. The summed E-state index contributed by atoms with van der Waals surface area (Å²) in [5.74, 6) is 0.393. The Morgan fingerprint density at radius 3 is 2.78 bits per heavy atom. The molecule has 18 heavy (non-hydrogen) atoms. The Morgan fingerprint density at radius 2 is 2.28 bits per heavy atom. The van der Waals surface area contributed by atoms with E-state index in [-0.39, 0.29) is 17.9 Å². The molecule has 100 valence electrons. The molecule has 1 fully saturated rings. The van der Waals surface area contributed by atoms with Crippen LogP contribution in [-0.2, 0) is 4.79 Å². The molecule has 0 aliphatic carbocycles. The van der Waals surface area contributed by atoms with Crippen LogP contribution in [0.3, 0.4) is 0 Å². The largest absolute Gasteiger partial charge is 0.338 e. The molecular formula is C13H21N3OS. The van der Waals surface area contributed by atoms with Crippen molar-refractivity contribution in [3.05, 3.63) is 15.6 Å². The fourth-order valence-electron chi connectivity index (χ4n) is 2.45. The molecule has 1 saturated heterocycles. The zero-order valence-corrected chi connectivity index (χ0v) is 12.3. The summed E-state index contributed by atoms with van der Waals surface area (Å²) in [6.45, 7) is 7.88. The van der Waals surface area contributed by atoms with Crippen LogP contribution in [0.2, 0.25) is 0 Å². The first-order valence-electron chi connectivity index (χ1n) is 6.42. The van der Waals surface area contributed by atoms with Gasteiger partial charge in [-0.15, -0.1) is 11.3 Å². The summed E-state index contributed by atoms with van der Waals surface area (Å²) in [7, 11) is 1.90. The summed E-state index contributed by atoms with van der Waals surface area (Å²) in [5, 5.41) is 4.31. The molecule has 1 amide bonds. The summed E-state index contributed by atoms with van der Waals surface area (Å²) in [5.41, 5.74) is 1.05. The van der Waals surface area contributed by atoms with Crippen molar-refractivity contribution < 1.29 is 4.79 Å². The van der Waals surface area contributed by atoms with E-state index in [0.717, 1.165) is 30.2 Å². The first-order valence-corrected chi connectivity index (χ1v) is 7.23. The zero-order valence-electron chi connectivity index (χ0n) is 11.5. The lowest BCUT2D eigenvalue weighted by atomic mass is 10.1. The maximum absolute atomic E-state index is 12.3. The van der Waals surface area contributed by atoms with E-state index in [1.807, 2.05) is 25.8 Å². The summed E-state index contributed by atoms with van der Waals surface area (Å²) < 4.78 is 0. The Morgan fingerprint density at radius 1 is 1.56 bits per heavy atom. The van der Waals surface area contributed by atoms with Crippen LogP contribution in [0.25, 0.3) is 0 Å². The molecule has 1 aliphatic heterocycles. The van der Waals surface area contributed by atoms with E-state index in [1.165, 1.54) is 4.88 Å². The highest BCUT2D eigenvalue weighted by molar-refractivity contribution is 7.11. The van der Waals surface area contributed by atoms with Crippen molar-refractivity contribution in [1.82, 2.24) is 15.2 Å². The number of carbonyl (C=O) groups excluding carboxylic acids is 1. The van der Waals surface area contributed by atoms with Crippen molar-refractivity contribution in [3.63, 3.8) is 0 Å². The van der Waals surface area contributed by atoms with E-state index in [0.29, 0.717) is 0 Å². The number of nitrogens with one attached hydrogen (secondary N) is 1. The van der Waals surface area contributed by atoms with Gasteiger partial charge in [0.1, 0.15) is 0 Å². The normalized spacial score (nSPS) is 21.0. The highest BCUT2D eigenvalue weighted by atomic mass is 32.1. The third kappa shape index (κ3) is 2.57. The predicted octanol–water partition coefficient (Wildman–Crippen LogP) is 1.89. The van der Waals surface area contributed by atoms with E-state index in [2.05, 4.69) is 17.2 Å². The lowest BCUT2D eigenvalue weighted by molar-refractivity contribution is -0.135. The molecule has 1 aromatic rings. The van der Waals surface area contributed by atoms with Gasteiger partial charge in [0, 0.05) is 18.5 Å². The second-order valence-corrected chi connectivity index (χ2v) is 6.23. The first-order chi connectivity index (χ1) is 8.50. The smallest absolute Gasteiger partial charge is 0.227 e. The average molecular weight is 267 g/mol. The number of amides is 1. The standard InChI is InChI=1S/C13H21N3OS/c1-8-12(18-10(3)15-8)9(2)16(4)13(17)11-5-6-14-7-11/h9,11,14H,5-7H2,1-4H3/t9-,11-/m1/s1. The minimum atomic E-state index is 0.115. The van der Waals surface area contributed by atoms with E-state index in [1.54, 1.807) is 11.3 Å². The third-order valence-electron chi connectivity index (χ3n) is 3.66. The Hall–Kier alpha value is -0.940. The molecule has 0 unspecified atom stereocenters. The highest BCUT2D eigenvalue weighted by Crippen LogP contribution is 2.29. The number of carbonyl (C=O) groups is 1. The maximum atomic E-state index is 12.3. The molecule has 0 radical (unpaired) electrons. The summed E-state index contributed by atoms with van der Waals surface area (Å²) in [4.78, 5) is 19.9. The predicted molar refractivity (Wildman–Crippen MR) is 73.7 cm³/mol. The van der Waals surface area contributed by atoms with Gasteiger partial charge < -0.3 is 10.2 Å². The lowest BCUT2D eigenvalue weighted by Gasteiger charge is -2.27. The van der Waals surface area contributed by atoms with E-state index in [4.69, 9.17) is 0 Å². The number of hydrogen-bond acceptors (Lipinski definition) is 4. The fraction of sp³-hybridized carbons (Fsp3) is 0.692. The topological polar surface area (TPSA) is 45.2 Å². The van der Waals surface area contributed by atoms with Crippen molar-refractivity contribution in [1.29, 1.82) is 0 Å². The number of hydrogen-bond donors (Lipinski definition) is 1. The summed E-state index contributed by atoms with van der Waals surface area (Å²) >= 11 is 1.69. The van der Waals surface area contributed by atoms with Gasteiger partial charge in [-0.1, -0.05) is 0 Å². The van der Waals surface area contributed by atoms with Crippen LogP contribution in [0.1, 0.15) is 35.0 Å². The second-order valence-electron chi connectivity index (χ2n) is 5.00. The van der Waals surface area contributed by atoms with E-state index < -0.39 is 0 Å². The molecule has 2 rings (SSSR count). The van der Waals surface area contributed by atoms with Crippen LogP contribution in [0.4, 0.5) is 0 Å². The van der Waals surface area contributed by atoms with Gasteiger partial charge in [0.25, 0.3) is 0 Å². The van der Waals surface area contributed by atoms with Gasteiger partial charge in [0.2, 0.25) is 5.91 Å². The van der Waals surface area contributed by atoms with Gasteiger partial charge in [-0.2, -0.15) is 0 Å². The molecule has 2 atom stereocenters. The molecule has 1 aromatic heterocycles. The van der Waals surface area contributed by atoms with Crippen molar-refractivity contribution in [3.8, 4) is 0 Å². The Labute approximate surface area is 112 Å². The van der Waals surface area contributed by atoms with Gasteiger partial charge in [-0.25, -0.2) is 4.98 Å². The number of aromatic nitrogens is 1. The van der Waals surface area contributed by atoms with Crippen LogP contribution in [0.15, 0.2) is 0 Å². The first kappa shape index (κ1) is 13.5. The van der Waals surface area contributed by atoms with Crippen molar-refractivity contribution in [2.75, 3.05) is 20.1 Å². The van der Waals surface area contributed by atoms with E-state index in [9.17, 15) is 4.79 Å². The van der Waals surface area contributed by atoms with Crippen LogP contribution in [-0.4, -0.2) is 35.9 Å². The summed E-state index contributed by atoms with van der Waals surface area (Å²) in [6, 6.07) is 0.115. The van der Waals surface area contributed by atoms with Gasteiger partial charge in [-0.05, 0) is 33.7 Å². The van der Waals surface area contributed by atoms with Crippen LogP contribution >= 0.6 is 11.3 Å². The molecule has 0 aromatic carbocycles. The van der Waals surface area contributed by atoms with Crippen molar-refractivity contribution >= 4 is 17.2 Å². The van der Waals surface area contributed by atoms with Gasteiger partial charge in [0.05, 0.1) is 22.7 Å². The number of rotatable bonds is 3. The number of nitrogens with zero attached hydrogens (tertiary/aromatic N) is 2. The summed E-state index contributed by atoms with van der Waals surface area (Å²) in [6.07, 6.45) is 0.955. The molecule has 0 saturated carbocycles. The monoisotopic (exact) mass is 267 g/mol. The van der Waals surface area contributed by atoms with Crippen molar-refractivity contribution in [2.24, 2.45) is 5.92 Å². The Kier molecular flexibility index (Phi) is 4.02. The average Bonchev–Trinajstić information content (AvgIpc) is 2.96.